The maximum atomic E-state index is 5.36. The Balaban J connectivity index is 1.81. The summed E-state index contributed by atoms with van der Waals surface area (Å²) in [6, 6.07) is 0. The molecule has 2 heterocycles. The molecule has 1 aromatic rings. The van der Waals surface area contributed by atoms with Gasteiger partial charge in [0.15, 0.2) is 5.13 Å². The number of thiazole rings is 1. The number of likely N-dealkylation sites (tertiary alicyclic amines) is 1. The number of rotatable bonds is 6. The van der Waals surface area contributed by atoms with Crippen LogP contribution in [0.4, 0.5) is 5.13 Å². The van der Waals surface area contributed by atoms with E-state index in [9.17, 15) is 0 Å². The van der Waals surface area contributed by atoms with Gasteiger partial charge in [-0.05, 0) is 45.4 Å². The molecule has 6 heteroatoms. The second-order valence-corrected chi connectivity index (χ2v) is 6.76. The fourth-order valence-electron chi connectivity index (χ4n) is 2.44. The van der Waals surface area contributed by atoms with Crippen molar-refractivity contribution in [1.29, 1.82) is 0 Å². The normalized spacial score (nSPS) is 17.4. The van der Waals surface area contributed by atoms with Crippen molar-refractivity contribution >= 4 is 16.5 Å². The van der Waals surface area contributed by atoms with E-state index in [1.54, 1.807) is 18.4 Å². The van der Waals surface area contributed by atoms with Crippen LogP contribution in [0.25, 0.3) is 0 Å². The Labute approximate surface area is 125 Å². The number of methoxy groups -OCH3 is 1. The highest BCUT2D eigenvalue weighted by molar-refractivity contribution is 7.15. The average molecular weight is 298 g/mol. The molecule has 0 atom stereocenters. The lowest BCUT2D eigenvalue weighted by atomic mass is 9.97. The molecule has 1 aromatic heterocycles. The van der Waals surface area contributed by atoms with Gasteiger partial charge >= 0.3 is 0 Å². The van der Waals surface area contributed by atoms with Crippen LogP contribution in [0.2, 0.25) is 0 Å². The van der Waals surface area contributed by atoms with Gasteiger partial charge in [-0.15, -0.1) is 0 Å². The third-order valence-corrected chi connectivity index (χ3v) is 4.99. The molecule has 0 amide bonds. The third kappa shape index (κ3) is 4.07. The van der Waals surface area contributed by atoms with Crippen molar-refractivity contribution < 1.29 is 4.74 Å². The van der Waals surface area contributed by atoms with Crippen molar-refractivity contribution in [2.24, 2.45) is 5.92 Å². The van der Waals surface area contributed by atoms with Crippen molar-refractivity contribution in [2.45, 2.75) is 19.4 Å². The number of hydrogen-bond acceptors (Lipinski definition) is 6. The molecule has 0 saturated carbocycles. The van der Waals surface area contributed by atoms with Crippen molar-refractivity contribution in [3.05, 3.63) is 4.88 Å². The molecule has 0 spiro atoms. The molecule has 1 saturated heterocycles. The molecule has 5 nitrogen and oxygen atoms in total. The molecule has 0 radical (unpaired) electrons. The van der Waals surface area contributed by atoms with E-state index in [2.05, 4.69) is 22.2 Å². The lowest BCUT2D eigenvalue weighted by Gasteiger charge is -2.28. The molecule has 1 fully saturated rings. The van der Waals surface area contributed by atoms with Crippen molar-refractivity contribution in [3.63, 3.8) is 0 Å². The minimum Gasteiger partial charge on any atom is -0.480 e. The lowest BCUT2D eigenvalue weighted by Crippen LogP contribution is -2.34. The van der Waals surface area contributed by atoms with Gasteiger partial charge in [0.2, 0.25) is 5.88 Å². The van der Waals surface area contributed by atoms with Crippen molar-refractivity contribution in [2.75, 3.05) is 52.8 Å². The highest BCUT2D eigenvalue weighted by atomic mass is 32.1. The summed E-state index contributed by atoms with van der Waals surface area (Å²) in [4.78, 5) is 10.1. The smallest absolute Gasteiger partial charge is 0.230 e. The van der Waals surface area contributed by atoms with E-state index in [1.165, 1.54) is 30.8 Å². The van der Waals surface area contributed by atoms with Gasteiger partial charge in [-0.25, -0.2) is 0 Å². The van der Waals surface area contributed by atoms with E-state index in [1.807, 2.05) is 19.0 Å². The van der Waals surface area contributed by atoms with E-state index in [0.29, 0.717) is 0 Å². The standard InChI is InChI=1S/C14H26N4OS/c1-17(2)14-16-13(19-4)12(20-14)10-15-9-11-5-7-18(3)8-6-11/h11,15H,5-10H2,1-4H3. The van der Waals surface area contributed by atoms with Crippen LogP contribution in [0.15, 0.2) is 0 Å². The first-order chi connectivity index (χ1) is 9.60. The molecule has 0 aliphatic carbocycles. The SMILES string of the molecule is COc1nc(N(C)C)sc1CNCC1CCN(C)CC1. The molecule has 2 rings (SSSR count). The molecule has 0 aromatic carbocycles. The quantitative estimate of drug-likeness (QED) is 0.865. The fraction of sp³-hybridized carbons (Fsp3) is 0.786. The summed E-state index contributed by atoms with van der Waals surface area (Å²) in [6.07, 6.45) is 2.60. The van der Waals surface area contributed by atoms with E-state index in [0.717, 1.165) is 30.0 Å². The maximum absolute atomic E-state index is 5.36. The van der Waals surface area contributed by atoms with Gasteiger partial charge in [0.1, 0.15) is 0 Å². The van der Waals surface area contributed by atoms with Crippen LogP contribution < -0.4 is 15.0 Å². The average Bonchev–Trinajstić information content (AvgIpc) is 2.84. The lowest BCUT2D eigenvalue weighted by molar-refractivity contribution is 0.216. The summed E-state index contributed by atoms with van der Waals surface area (Å²) in [5.41, 5.74) is 0. The fourth-order valence-corrected chi connectivity index (χ4v) is 3.37. The minimum absolute atomic E-state index is 0.759. The Morgan fingerprint density at radius 1 is 1.40 bits per heavy atom. The highest BCUT2D eigenvalue weighted by Gasteiger charge is 2.17. The largest absolute Gasteiger partial charge is 0.480 e. The predicted molar refractivity (Wildman–Crippen MR) is 84.9 cm³/mol. The number of hydrogen-bond donors (Lipinski definition) is 1. The number of ether oxygens (including phenoxy) is 1. The van der Waals surface area contributed by atoms with Crippen molar-refractivity contribution in [3.8, 4) is 5.88 Å². The van der Waals surface area contributed by atoms with Gasteiger partial charge < -0.3 is 19.9 Å². The summed E-state index contributed by atoms with van der Waals surface area (Å²) in [5.74, 6) is 1.56. The zero-order valence-electron chi connectivity index (χ0n) is 13.0. The summed E-state index contributed by atoms with van der Waals surface area (Å²) >= 11 is 1.70. The number of piperidine rings is 1. The third-order valence-electron chi connectivity index (χ3n) is 3.78. The van der Waals surface area contributed by atoms with Crippen LogP contribution in [-0.4, -0.2) is 57.8 Å². The minimum atomic E-state index is 0.759. The first-order valence-corrected chi connectivity index (χ1v) is 8.02. The highest BCUT2D eigenvalue weighted by Crippen LogP contribution is 2.30. The van der Waals surface area contributed by atoms with Gasteiger partial charge in [0, 0.05) is 20.6 Å². The van der Waals surface area contributed by atoms with E-state index < -0.39 is 0 Å². The summed E-state index contributed by atoms with van der Waals surface area (Å²) in [7, 11) is 7.91. The van der Waals surface area contributed by atoms with E-state index in [-0.39, 0.29) is 0 Å². The Morgan fingerprint density at radius 3 is 2.70 bits per heavy atom. The monoisotopic (exact) mass is 298 g/mol. The molecule has 1 aliphatic rings. The van der Waals surface area contributed by atoms with Crippen LogP contribution in [-0.2, 0) is 6.54 Å². The Bertz CT molecular complexity index is 413. The molecule has 1 N–H and O–H groups in total. The van der Waals surface area contributed by atoms with Crippen molar-refractivity contribution in [1.82, 2.24) is 15.2 Å². The van der Waals surface area contributed by atoms with Gasteiger partial charge in [0.05, 0.1) is 12.0 Å². The number of anilines is 1. The number of nitrogens with zero attached hydrogens (tertiary/aromatic N) is 3. The first-order valence-electron chi connectivity index (χ1n) is 7.20. The summed E-state index contributed by atoms with van der Waals surface area (Å²) in [5, 5.41) is 4.56. The molecular formula is C14H26N4OS. The summed E-state index contributed by atoms with van der Waals surface area (Å²) in [6.45, 7) is 4.38. The van der Waals surface area contributed by atoms with E-state index in [4.69, 9.17) is 4.74 Å². The van der Waals surface area contributed by atoms with Gasteiger partial charge in [0.25, 0.3) is 0 Å². The molecule has 0 unspecified atom stereocenters. The van der Waals surface area contributed by atoms with Gasteiger partial charge in [-0.3, -0.25) is 0 Å². The molecule has 0 bridgehead atoms. The second-order valence-electron chi connectivity index (χ2n) is 5.70. The van der Waals surface area contributed by atoms with Crippen LogP contribution >= 0.6 is 11.3 Å². The molecule has 114 valence electrons. The molecular weight excluding hydrogens is 272 g/mol. The zero-order valence-corrected chi connectivity index (χ0v) is 13.8. The second kappa shape index (κ2) is 7.24. The topological polar surface area (TPSA) is 40.6 Å². The van der Waals surface area contributed by atoms with Gasteiger partial charge in [-0.2, -0.15) is 4.98 Å². The van der Waals surface area contributed by atoms with Crippen LogP contribution in [0.5, 0.6) is 5.88 Å². The first kappa shape index (κ1) is 15.5. The Kier molecular flexibility index (Phi) is 5.63. The number of aromatic nitrogens is 1. The zero-order chi connectivity index (χ0) is 14.5. The Hall–Kier alpha value is -0.850. The molecule has 1 aliphatic heterocycles. The van der Waals surface area contributed by atoms with Crippen LogP contribution in [0, 0.1) is 5.92 Å². The number of nitrogens with one attached hydrogen (secondary N) is 1. The van der Waals surface area contributed by atoms with Gasteiger partial charge in [-0.1, -0.05) is 11.3 Å². The predicted octanol–water partition coefficient (Wildman–Crippen LogP) is 1.65. The van der Waals surface area contributed by atoms with Crippen LogP contribution in [0.1, 0.15) is 17.7 Å². The van der Waals surface area contributed by atoms with E-state index >= 15 is 0 Å². The Morgan fingerprint density at radius 2 is 2.10 bits per heavy atom. The van der Waals surface area contributed by atoms with Crippen LogP contribution in [0.3, 0.4) is 0 Å². The maximum Gasteiger partial charge on any atom is 0.230 e. The molecule has 20 heavy (non-hydrogen) atoms. The summed E-state index contributed by atoms with van der Waals surface area (Å²) < 4.78 is 5.36.